The highest BCUT2D eigenvalue weighted by Gasteiger charge is 2.43. The first-order valence-electron chi connectivity index (χ1n) is 7.42. The van der Waals surface area contributed by atoms with Gasteiger partial charge in [0.25, 0.3) is 0 Å². The van der Waals surface area contributed by atoms with Crippen molar-refractivity contribution in [3.63, 3.8) is 0 Å². The fourth-order valence-corrected chi connectivity index (χ4v) is 3.05. The molecule has 0 aromatic heterocycles. The summed E-state index contributed by atoms with van der Waals surface area (Å²) in [6.45, 7) is 7.70. The molecule has 0 saturated heterocycles. The van der Waals surface area contributed by atoms with E-state index in [1.807, 2.05) is 0 Å². The second-order valence-corrected chi connectivity index (χ2v) is 7.13. The van der Waals surface area contributed by atoms with E-state index < -0.39 is 5.92 Å². The average molecular weight is 259 g/mol. The van der Waals surface area contributed by atoms with Crippen molar-refractivity contribution in [2.45, 2.75) is 71.3 Å². The lowest BCUT2D eigenvalue weighted by atomic mass is 9.72. The molecule has 3 heteroatoms. The lowest BCUT2D eigenvalue weighted by Gasteiger charge is -2.36. The summed E-state index contributed by atoms with van der Waals surface area (Å²) in [6.07, 6.45) is 4.44. The van der Waals surface area contributed by atoms with Crippen molar-refractivity contribution >= 4 is 0 Å². The highest BCUT2D eigenvalue weighted by molar-refractivity contribution is 4.91. The van der Waals surface area contributed by atoms with E-state index >= 15 is 0 Å². The lowest BCUT2D eigenvalue weighted by Crippen LogP contribution is -2.38. The number of nitrogens with one attached hydrogen (secondary N) is 1. The summed E-state index contributed by atoms with van der Waals surface area (Å²) in [5.74, 6) is -1.64. The molecule has 2 rings (SSSR count). The van der Waals surface area contributed by atoms with E-state index in [0.717, 1.165) is 13.0 Å². The molecule has 0 aromatic rings. The zero-order chi connectivity index (χ0) is 13.4. The van der Waals surface area contributed by atoms with Gasteiger partial charge in [0.1, 0.15) is 0 Å². The molecule has 2 aliphatic carbocycles. The Bertz CT molecular complexity index is 286. The maximum atomic E-state index is 13.3. The van der Waals surface area contributed by atoms with Crippen LogP contribution in [-0.2, 0) is 0 Å². The maximum absolute atomic E-state index is 13.3. The zero-order valence-electron chi connectivity index (χ0n) is 11.9. The van der Waals surface area contributed by atoms with E-state index in [2.05, 4.69) is 26.1 Å². The molecule has 2 unspecified atom stereocenters. The van der Waals surface area contributed by atoms with Crippen LogP contribution in [0.15, 0.2) is 0 Å². The van der Waals surface area contributed by atoms with Gasteiger partial charge in [-0.05, 0) is 42.9 Å². The third kappa shape index (κ3) is 3.66. The van der Waals surface area contributed by atoms with Crippen molar-refractivity contribution in [1.82, 2.24) is 5.32 Å². The second kappa shape index (κ2) is 5.07. The van der Waals surface area contributed by atoms with Crippen LogP contribution < -0.4 is 5.32 Å². The summed E-state index contributed by atoms with van der Waals surface area (Å²) in [5, 5.41) is 3.59. The first-order chi connectivity index (χ1) is 8.31. The summed E-state index contributed by atoms with van der Waals surface area (Å²) >= 11 is 0. The smallest absolute Gasteiger partial charge is 0.248 e. The molecular formula is C15H27F2N. The van der Waals surface area contributed by atoms with Crippen LogP contribution in [0.25, 0.3) is 0 Å². The Balaban J connectivity index is 1.88. The molecule has 0 spiro atoms. The number of halogens is 2. The summed E-state index contributed by atoms with van der Waals surface area (Å²) in [4.78, 5) is 0. The minimum Gasteiger partial charge on any atom is -0.313 e. The number of hydrogen-bond donors (Lipinski definition) is 1. The highest BCUT2D eigenvalue weighted by atomic mass is 19.3. The van der Waals surface area contributed by atoms with E-state index in [-0.39, 0.29) is 24.2 Å². The molecule has 0 amide bonds. The maximum Gasteiger partial charge on any atom is 0.248 e. The second-order valence-electron chi connectivity index (χ2n) is 7.13. The first kappa shape index (κ1) is 14.2. The molecule has 1 nitrogen and oxygen atoms in total. The van der Waals surface area contributed by atoms with Gasteiger partial charge in [-0.2, -0.15) is 0 Å². The molecular weight excluding hydrogens is 232 g/mol. The molecule has 1 N–H and O–H groups in total. The van der Waals surface area contributed by atoms with E-state index in [4.69, 9.17) is 0 Å². The van der Waals surface area contributed by atoms with Crippen molar-refractivity contribution in [3.05, 3.63) is 0 Å². The summed E-state index contributed by atoms with van der Waals surface area (Å²) < 4.78 is 26.6. The summed E-state index contributed by atoms with van der Waals surface area (Å²) in [6, 6.07) is 0.702. The molecule has 2 aliphatic rings. The lowest BCUT2D eigenvalue weighted by molar-refractivity contribution is 0.00184. The minimum atomic E-state index is -2.40. The van der Waals surface area contributed by atoms with Crippen LogP contribution in [0.4, 0.5) is 8.78 Å². The fraction of sp³-hybridized carbons (Fsp3) is 1.00. The van der Waals surface area contributed by atoms with Crippen LogP contribution in [0, 0.1) is 17.3 Å². The van der Waals surface area contributed by atoms with Gasteiger partial charge in [-0.3, -0.25) is 0 Å². The predicted octanol–water partition coefficient (Wildman–Crippen LogP) is 4.23. The van der Waals surface area contributed by atoms with E-state index in [0.29, 0.717) is 18.4 Å². The number of hydrogen-bond acceptors (Lipinski definition) is 1. The van der Waals surface area contributed by atoms with Gasteiger partial charge in [0.15, 0.2) is 0 Å². The van der Waals surface area contributed by atoms with Crippen LogP contribution in [0.2, 0.25) is 0 Å². The standard InChI is InChI=1S/C15H27F2N/c1-11(2)14(3,10-18-13-4-5-13)8-12-6-7-15(16,17)9-12/h11-13,18H,4-10H2,1-3H3. The molecule has 106 valence electrons. The van der Waals surface area contributed by atoms with Gasteiger partial charge in [-0.1, -0.05) is 20.8 Å². The largest absolute Gasteiger partial charge is 0.313 e. The van der Waals surface area contributed by atoms with E-state index in [1.54, 1.807) is 0 Å². The van der Waals surface area contributed by atoms with Gasteiger partial charge in [-0.25, -0.2) is 8.78 Å². The van der Waals surface area contributed by atoms with Crippen LogP contribution in [0.1, 0.15) is 59.3 Å². The Hall–Kier alpha value is -0.180. The third-order valence-corrected chi connectivity index (χ3v) is 5.03. The molecule has 18 heavy (non-hydrogen) atoms. The van der Waals surface area contributed by atoms with Crippen LogP contribution in [-0.4, -0.2) is 18.5 Å². The zero-order valence-corrected chi connectivity index (χ0v) is 11.9. The Morgan fingerprint density at radius 1 is 1.28 bits per heavy atom. The molecule has 0 radical (unpaired) electrons. The highest BCUT2D eigenvalue weighted by Crippen LogP contribution is 2.45. The molecule has 0 bridgehead atoms. The Morgan fingerprint density at radius 2 is 1.94 bits per heavy atom. The predicted molar refractivity (Wildman–Crippen MR) is 70.9 cm³/mol. The van der Waals surface area contributed by atoms with Crippen LogP contribution in [0.5, 0.6) is 0 Å². The van der Waals surface area contributed by atoms with Gasteiger partial charge in [0.05, 0.1) is 0 Å². The van der Waals surface area contributed by atoms with E-state index in [1.165, 1.54) is 12.8 Å². The molecule has 2 atom stereocenters. The van der Waals surface area contributed by atoms with Gasteiger partial charge in [0, 0.05) is 25.4 Å². The Labute approximate surface area is 110 Å². The summed E-state index contributed by atoms with van der Waals surface area (Å²) in [5.41, 5.74) is 0.160. The Kier molecular flexibility index (Phi) is 4.01. The van der Waals surface area contributed by atoms with Gasteiger partial charge in [0.2, 0.25) is 5.92 Å². The molecule has 2 saturated carbocycles. The quantitative estimate of drug-likeness (QED) is 0.753. The SMILES string of the molecule is CC(C)C(C)(CNC1CC1)CC1CCC(F)(F)C1. The molecule has 0 aliphatic heterocycles. The van der Waals surface area contributed by atoms with E-state index in [9.17, 15) is 8.78 Å². The number of rotatable bonds is 6. The van der Waals surface area contributed by atoms with Crippen molar-refractivity contribution in [2.24, 2.45) is 17.3 Å². The van der Waals surface area contributed by atoms with Gasteiger partial charge in [-0.15, -0.1) is 0 Å². The first-order valence-corrected chi connectivity index (χ1v) is 7.42. The molecule has 0 aromatic carbocycles. The summed E-state index contributed by atoms with van der Waals surface area (Å²) in [7, 11) is 0. The molecule has 0 heterocycles. The topological polar surface area (TPSA) is 12.0 Å². The van der Waals surface area contributed by atoms with Gasteiger partial charge >= 0.3 is 0 Å². The minimum absolute atomic E-state index is 0.0991. The van der Waals surface area contributed by atoms with Crippen molar-refractivity contribution in [3.8, 4) is 0 Å². The third-order valence-electron chi connectivity index (χ3n) is 5.03. The average Bonchev–Trinajstić information content (AvgIpc) is 3.01. The monoisotopic (exact) mass is 259 g/mol. The van der Waals surface area contributed by atoms with Crippen LogP contribution >= 0.6 is 0 Å². The normalized spacial score (nSPS) is 30.7. The van der Waals surface area contributed by atoms with Crippen molar-refractivity contribution in [2.75, 3.05) is 6.54 Å². The van der Waals surface area contributed by atoms with Gasteiger partial charge < -0.3 is 5.32 Å². The van der Waals surface area contributed by atoms with Crippen molar-refractivity contribution in [1.29, 1.82) is 0 Å². The Morgan fingerprint density at radius 3 is 2.39 bits per heavy atom. The van der Waals surface area contributed by atoms with Crippen LogP contribution in [0.3, 0.4) is 0 Å². The van der Waals surface area contributed by atoms with Crippen molar-refractivity contribution < 1.29 is 8.78 Å². The fourth-order valence-electron chi connectivity index (χ4n) is 3.05. The number of alkyl halides is 2. The molecule has 2 fully saturated rings.